The summed E-state index contributed by atoms with van der Waals surface area (Å²) in [6.07, 6.45) is 2.49. The second-order valence-corrected chi connectivity index (χ2v) is 4.48. The van der Waals surface area contributed by atoms with Gasteiger partial charge in [-0.15, -0.1) is 0 Å². The van der Waals surface area contributed by atoms with Crippen LogP contribution < -0.4 is 10.4 Å². The topological polar surface area (TPSA) is 95.8 Å². The summed E-state index contributed by atoms with van der Waals surface area (Å²) in [5.41, 5.74) is 2.09. The second-order valence-electron chi connectivity index (χ2n) is 4.48. The lowest BCUT2D eigenvalue weighted by molar-refractivity contribution is -0.299. The third kappa shape index (κ3) is 2.03. The summed E-state index contributed by atoms with van der Waals surface area (Å²) >= 11 is 0. The van der Waals surface area contributed by atoms with Gasteiger partial charge in [0.15, 0.2) is 0 Å². The Balaban J connectivity index is 2.04. The van der Waals surface area contributed by atoms with E-state index in [1.54, 1.807) is 6.08 Å². The molecule has 1 aromatic carbocycles. The molecule has 2 aromatic rings. The fourth-order valence-electron chi connectivity index (χ4n) is 2.16. The zero-order valence-electron chi connectivity index (χ0n) is 10.8. The third-order valence-electron chi connectivity index (χ3n) is 3.28. The minimum atomic E-state index is -1.28. The number of benzene rings is 1. The van der Waals surface area contributed by atoms with Gasteiger partial charge in [0.1, 0.15) is 6.04 Å². The molecule has 20 heavy (non-hydrogen) atoms. The number of carboxylic acid groups (broad SMARTS) is 1. The minimum absolute atomic E-state index is 0.0307. The summed E-state index contributed by atoms with van der Waals surface area (Å²) in [6.45, 7) is 2.08. The molecule has 0 fully saturated rings. The molecule has 0 bridgehead atoms. The molecule has 0 radical (unpaired) electrons. The first-order chi connectivity index (χ1) is 9.69. The fourth-order valence-corrected chi connectivity index (χ4v) is 2.16. The Hall–Kier alpha value is -2.70. The highest BCUT2D eigenvalue weighted by Crippen LogP contribution is 2.27. The van der Waals surface area contributed by atoms with Crippen LogP contribution in [0.2, 0.25) is 0 Å². The summed E-state index contributed by atoms with van der Waals surface area (Å²) in [5, 5.41) is 24.9. The number of tetrazole rings is 1. The van der Waals surface area contributed by atoms with E-state index >= 15 is 0 Å². The van der Waals surface area contributed by atoms with Crippen molar-refractivity contribution in [2.24, 2.45) is 0 Å². The molecule has 0 spiro atoms. The highest BCUT2D eigenvalue weighted by Gasteiger charge is 2.23. The lowest BCUT2D eigenvalue weighted by Gasteiger charge is -2.23. The van der Waals surface area contributed by atoms with Gasteiger partial charge in [0.2, 0.25) is 5.95 Å². The maximum atomic E-state index is 11.0. The maximum Gasteiger partial charge on any atom is 0.248 e. The fraction of sp³-hybridized carbons (Fsp3) is 0.231. The molecule has 7 heteroatoms. The predicted molar refractivity (Wildman–Crippen MR) is 68.5 cm³/mol. The minimum Gasteiger partial charge on any atom is -0.543 e. The Morgan fingerprint density at radius 3 is 2.80 bits per heavy atom. The quantitative estimate of drug-likeness (QED) is 0.835. The number of aromatic nitrogens is 4. The van der Waals surface area contributed by atoms with E-state index in [0.717, 1.165) is 12.0 Å². The Morgan fingerprint density at radius 2 is 2.15 bits per heavy atom. The molecule has 0 saturated carbocycles. The highest BCUT2D eigenvalue weighted by molar-refractivity contribution is 5.88. The number of hydrogen-bond donors (Lipinski definition) is 1. The van der Waals surface area contributed by atoms with Crippen molar-refractivity contribution >= 4 is 11.9 Å². The molecule has 2 heterocycles. The summed E-state index contributed by atoms with van der Waals surface area (Å²) in [5.74, 6) is -0.995. The monoisotopic (exact) mass is 270 g/mol. The SMILES string of the molecule is CCc1ccc([C@H]2C=C(C(=O)[O-])Nc3nnnn32)cc1. The van der Waals surface area contributed by atoms with Gasteiger partial charge in [0.05, 0.1) is 11.7 Å². The second kappa shape index (κ2) is 4.76. The van der Waals surface area contributed by atoms with Crippen LogP contribution in [0.1, 0.15) is 24.1 Å². The van der Waals surface area contributed by atoms with Crippen LogP contribution in [0.15, 0.2) is 36.0 Å². The van der Waals surface area contributed by atoms with Gasteiger partial charge in [-0.05, 0) is 34.1 Å². The standard InChI is InChI=1S/C13H13N5O2/c1-2-8-3-5-9(6-4-8)11-7-10(12(19)20)14-13-15-16-17-18(11)13/h3-7,11H,2H2,1H3,(H,19,20)(H,14,15,17)/p-1/t11-/m1/s1. The Morgan fingerprint density at radius 1 is 1.40 bits per heavy atom. The largest absolute Gasteiger partial charge is 0.543 e. The molecular formula is C13H12N5O2-. The van der Waals surface area contributed by atoms with E-state index in [1.807, 2.05) is 24.3 Å². The number of fused-ring (bicyclic) bond motifs is 1. The summed E-state index contributed by atoms with van der Waals surface area (Å²) in [4.78, 5) is 11.0. The average molecular weight is 270 g/mol. The van der Waals surface area contributed by atoms with Crippen molar-refractivity contribution in [2.45, 2.75) is 19.4 Å². The van der Waals surface area contributed by atoms with Crippen molar-refractivity contribution in [2.75, 3.05) is 5.32 Å². The molecule has 3 rings (SSSR count). The van der Waals surface area contributed by atoms with Gasteiger partial charge in [0.25, 0.3) is 0 Å². The average Bonchev–Trinajstić information content (AvgIpc) is 2.94. The Bertz CT molecular complexity index is 674. The van der Waals surface area contributed by atoms with E-state index in [1.165, 1.54) is 10.2 Å². The number of nitrogens with zero attached hydrogens (tertiary/aromatic N) is 4. The molecule has 0 unspecified atom stereocenters. The molecule has 7 nitrogen and oxygen atoms in total. The lowest BCUT2D eigenvalue weighted by atomic mass is 10.0. The van der Waals surface area contributed by atoms with Crippen LogP contribution in [-0.2, 0) is 11.2 Å². The number of carbonyl (C=O) groups is 1. The van der Waals surface area contributed by atoms with Crippen LogP contribution in [0.25, 0.3) is 0 Å². The third-order valence-corrected chi connectivity index (χ3v) is 3.28. The Kier molecular flexibility index (Phi) is 2.94. The van der Waals surface area contributed by atoms with Gasteiger partial charge >= 0.3 is 0 Å². The smallest absolute Gasteiger partial charge is 0.248 e. The number of carboxylic acids is 1. The van der Waals surface area contributed by atoms with Crippen LogP contribution in [-0.4, -0.2) is 26.2 Å². The number of carbonyl (C=O) groups excluding carboxylic acids is 1. The van der Waals surface area contributed by atoms with Crippen LogP contribution >= 0.6 is 0 Å². The van der Waals surface area contributed by atoms with Gasteiger partial charge in [0, 0.05) is 0 Å². The predicted octanol–water partition coefficient (Wildman–Crippen LogP) is -0.116. The van der Waals surface area contributed by atoms with E-state index in [9.17, 15) is 9.90 Å². The van der Waals surface area contributed by atoms with E-state index in [2.05, 4.69) is 27.8 Å². The van der Waals surface area contributed by atoms with Gasteiger partial charge in [-0.1, -0.05) is 36.3 Å². The van der Waals surface area contributed by atoms with Gasteiger partial charge < -0.3 is 15.2 Å². The van der Waals surface area contributed by atoms with E-state index in [-0.39, 0.29) is 17.7 Å². The molecule has 0 aliphatic carbocycles. The normalized spacial score (nSPS) is 17.1. The molecule has 0 saturated heterocycles. The van der Waals surface area contributed by atoms with Crippen molar-refractivity contribution in [1.29, 1.82) is 0 Å². The molecule has 0 amide bonds. The van der Waals surface area contributed by atoms with Gasteiger partial charge in [-0.2, -0.15) is 4.68 Å². The first-order valence-corrected chi connectivity index (χ1v) is 6.26. The number of aryl methyl sites for hydroxylation is 1. The van der Waals surface area contributed by atoms with E-state index in [0.29, 0.717) is 0 Å². The molecule has 1 aliphatic rings. The molecular weight excluding hydrogens is 258 g/mol. The number of hydrogen-bond acceptors (Lipinski definition) is 6. The van der Waals surface area contributed by atoms with Crippen molar-refractivity contribution in [3.8, 4) is 0 Å². The number of aliphatic carboxylic acids is 1. The molecule has 1 aromatic heterocycles. The number of rotatable bonds is 3. The zero-order valence-corrected chi connectivity index (χ0v) is 10.8. The van der Waals surface area contributed by atoms with Crippen molar-refractivity contribution in [3.63, 3.8) is 0 Å². The summed E-state index contributed by atoms with van der Waals surface area (Å²) in [7, 11) is 0. The molecule has 1 atom stereocenters. The first-order valence-electron chi connectivity index (χ1n) is 6.26. The highest BCUT2D eigenvalue weighted by atomic mass is 16.4. The van der Waals surface area contributed by atoms with Crippen LogP contribution in [0.4, 0.5) is 5.95 Å². The zero-order chi connectivity index (χ0) is 14.1. The number of nitrogens with one attached hydrogen (secondary N) is 1. The molecule has 1 N–H and O–H groups in total. The maximum absolute atomic E-state index is 11.0. The van der Waals surface area contributed by atoms with Crippen LogP contribution in [0.5, 0.6) is 0 Å². The van der Waals surface area contributed by atoms with Gasteiger partial charge in [-0.25, -0.2) is 0 Å². The van der Waals surface area contributed by atoms with Crippen LogP contribution in [0.3, 0.4) is 0 Å². The van der Waals surface area contributed by atoms with E-state index < -0.39 is 5.97 Å². The Labute approximate surface area is 114 Å². The van der Waals surface area contributed by atoms with Crippen molar-refractivity contribution < 1.29 is 9.90 Å². The first kappa shape index (κ1) is 12.3. The van der Waals surface area contributed by atoms with Crippen molar-refractivity contribution in [1.82, 2.24) is 20.2 Å². The number of anilines is 1. The summed E-state index contributed by atoms with van der Waals surface area (Å²) in [6, 6.07) is 7.55. The van der Waals surface area contributed by atoms with Crippen LogP contribution in [0, 0.1) is 0 Å². The van der Waals surface area contributed by atoms with Gasteiger partial charge in [-0.3, -0.25) is 0 Å². The molecule has 1 aliphatic heterocycles. The van der Waals surface area contributed by atoms with E-state index in [4.69, 9.17) is 0 Å². The number of allylic oxidation sites excluding steroid dienone is 1. The van der Waals surface area contributed by atoms with Crippen molar-refractivity contribution in [3.05, 3.63) is 47.2 Å². The summed E-state index contributed by atoms with van der Waals surface area (Å²) < 4.78 is 1.54. The molecule has 102 valence electrons. The lowest BCUT2D eigenvalue weighted by Crippen LogP contribution is -2.32.